The van der Waals surface area contributed by atoms with Gasteiger partial charge in [-0.25, -0.2) is 4.98 Å². The maximum atomic E-state index is 5.85. The van der Waals surface area contributed by atoms with Crippen LogP contribution in [0.3, 0.4) is 0 Å². The summed E-state index contributed by atoms with van der Waals surface area (Å²) >= 11 is 9.25. The zero-order chi connectivity index (χ0) is 13.8. The molecule has 6 heteroatoms. The van der Waals surface area contributed by atoms with Crippen molar-refractivity contribution in [2.75, 3.05) is 19.5 Å². The minimum atomic E-state index is 0.574. The van der Waals surface area contributed by atoms with Gasteiger partial charge in [-0.1, -0.05) is 11.6 Å². The highest BCUT2D eigenvalue weighted by Gasteiger charge is 2.07. The van der Waals surface area contributed by atoms with Gasteiger partial charge < -0.3 is 14.8 Å². The highest BCUT2D eigenvalue weighted by atomic mass is 79.9. The Balaban J connectivity index is 2.28. The summed E-state index contributed by atoms with van der Waals surface area (Å²) < 4.78 is 11.2. The average molecular weight is 344 g/mol. The fraction of sp³-hybridized carbons (Fsp3) is 0.154. The highest BCUT2D eigenvalue weighted by Crippen LogP contribution is 2.32. The summed E-state index contributed by atoms with van der Waals surface area (Å²) in [5.74, 6) is 2.00. The maximum Gasteiger partial charge on any atom is 0.162 e. The lowest BCUT2D eigenvalue weighted by Gasteiger charge is -2.11. The van der Waals surface area contributed by atoms with Gasteiger partial charge in [0.1, 0.15) is 5.82 Å². The van der Waals surface area contributed by atoms with Gasteiger partial charge in [-0.2, -0.15) is 0 Å². The van der Waals surface area contributed by atoms with Crippen molar-refractivity contribution in [3.63, 3.8) is 0 Å². The molecule has 0 amide bonds. The molecule has 1 N–H and O–H groups in total. The largest absolute Gasteiger partial charge is 0.493 e. The molecule has 2 rings (SSSR count). The molecule has 0 fully saturated rings. The lowest BCUT2D eigenvalue weighted by molar-refractivity contribution is 0.355. The molecule has 0 saturated carbocycles. The van der Waals surface area contributed by atoms with Gasteiger partial charge in [0.05, 0.1) is 23.7 Å². The van der Waals surface area contributed by atoms with E-state index in [1.54, 1.807) is 26.5 Å². The first-order valence-electron chi connectivity index (χ1n) is 5.44. The number of anilines is 2. The zero-order valence-corrected chi connectivity index (χ0v) is 12.7. The number of nitrogens with zero attached hydrogens (tertiary/aromatic N) is 1. The van der Waals surface area contributed by atoms with E-state index in [9.17, 15) is 0 Å². The van der Waals surface area contributed by atoms with Crippen LogP contribution in [-0.2, 0) is 0 Å². The van der Waals surface area contributed by atoms with Crippen molar-refractivity contribution in [3.05, 3.63) is 40.0 Å². The van der Waals surface area contributed by atoms with Crippen molar-refractivity contribution in [1.29, 1.82) is 0 Å². The number of rotatable bonds is 4. The van der Waals surface area contributed by atoms with E-state index in [1.807, 2.05) is 18.2 Å². The van der Waals surface area contributed by atoms with Crippen molar-refractivity contribution < 1.29 is 9.47 Å². The van der Waals surface area contributed by atoms with E-state index in [1.165, 1.54) is 0 Å². The van der Waals surface area contributed by atoms with Crippen LogP contribution in [0.4, 0.5) is 11.5 Å². The molecule has 0 radical (unpaired) electrons. The van der Waals surface area contributed by atoms with Crippen LogP contribution >= 0.6 is 27.5 Å². The molecule has 0 aliphatic carbocycles. The number of aromatic nitrogens is 1. The van der Waals surface area contributed by atoms with Gasteiger partial charge in [0.2, 0.25) is 0 Å². The van der Waals surface area contributed by atoms with Gasteiger partial charge in [-0.15, -0.1) is 0 Å². The molecule has 1 aromatic carbocycles. The Morgan fingerprint density at radius 1 is 1.16 bits per heavy atom. The molecule has 0 atom stereocenters. The predicted octanol–water partition coefficient (Wildman–Crippen LogP) is 4.26. The molecule has 0 aliphatic heterocycles. The van der Waals surface area contributed by atoms with Gasteiger partial charge in [0, 0.05) is 18.0 Å². The molecule has 0 spiro atoms. The second-order valence-electron chi connectivity index (χ2n) is 3.68. The third-order valence-corrected chi connectivity index (χ3v) is 3.27. The number of ether oxygens (including phenoxy) is 2. The monoisotopic (exact) mass is 342 g/mol. The van der Waals surface area contributed by atoms with Gasteiger partial charge >= 0.3 is 0 Å². The average Bonchev–Trinajstić information content (AvgIpc) is 2.41. The maximum absolute atomic E-state index is 5.85. The summed E-state index contributed by atoms with van der Waals surface area (Å²) in [6.07, 6.45) is 1.58. The molecule has 0 aliphatic rings. The molecule has 100 valence electrons. The SMILES string of the molecule is COc1ccc(Nc2ncc(Cl)cc2Br)cc1OC. The fourth-order valence-corrected chi connectivity index (χ4v) is 2.30. The van der Waals surface area contributed by atoms with Crippen LogP contribution in [0.2, 0.25) is 5.02 Å². The number of nitrogens with one attached hydrogen (secondary N) is 1. The lowest BCUT2D eigenvalue weighted by atomic mass is 10.2. The number of methoxy groups -OCH3 is 2. The number of hydrogen-bond donors (Lipinski definition) is 1. The number of benzene rings is 1. The van der Waals surface area contributed by atoms with E-state index in [0.717, 1.165) is 10.2 Å². The molecule has 2 aromatic rings. The first-order chi connectivity index (χ1) is 9.13. The number of hydrogen-bond acceptors (Lipinski definition) is 4. The van der Waals surface area contributed by atoms with Crippen LogP contribution in [-0.4, -0.2) is 19.2 Å². The first kappa shape index (κ1) is 14.0. The van der Waals surface area contributed by atoms with E-state index in [4.69, 9.17) is 21.1 Å². The van der Waals surface area contributed by atoms with Crippen molar-refractivity contribution in [2.24, 2.45) is 0 Å². The van der Waals surface area contributed by atoms with Gasteiger partial charge in [-0.3, -0.25) is 0 Å². The summed E-state index contributed by atoms with van der Waals surface area (Å²) in [4.78, 5) is 4.21. The van der Waals surface area contributed by atoms with E-state index in [2.05, 4.69) is 26.2 Å². The molecule has 0 saturated heterocycles. The van der Waals surface area contributed by atoms with Crippen LogP contribution in [0.25, 0.3) is 0 Å². The van der Waals surface area contributed by atoms with Gasteiger partial charge in [0.15, 0.2) is 11.5 Å². The standard InChI is InChI=1S/C13H12BrClN2O2/c1-18-11-4-3-9(6-12(11)19-2)17-13-10(14)5-8(15)7-16-13/h3-7H,1-2H3,(H,16,17). The Labute approximate surface area is 124 Å². The molecule has 1 heterocycles. The molecule has 1 aromatic heterocycles. The minimum absolute atomic E-state index is 0.574. The van der Waals surface area contributed by atoms with Crippen molar-refractivity contribution in [2.45, 2.75) is 0 Å². The number of pyridine rings is 1. The van der Waals surface area contributed by atoms with Crippen LogP contribution in [0, 0.1) is 0 Å². The normalized spacial score (nSPS) is 10.1. The Kier molecular flexibility index (Phi) is 4.50. The van der Waals surface area contributed by atoms with Crippen molar-refractivity contribution in [1.82, 2.24) is 4.98 Å². The van der Waals surface area contributed by atoms with E-state index in [0.29, 0.717) is 22.3 Å². The van der Waals surface area contributed by atoms with E-state index in [-0.39, 0.29) is 0 Å². The van der Waals surface area contributed by atoms with Crippen molar-refractivity contribution >= 4 is 39.0 Å². The second kappa shape index (κ2) is 6.12. The molecule has 0 bridgehead atoms. The highest BCUT2D eigenvalue weighted by molar-refractivity contribution is 9.10. The van der Waals surface area contributed by atoms with Gasteiger partial charge in [-0.05, 0) is 34.1 Å². The topological polar surface area (TPSA) is 43.4 Å². The summed E-state index contributed by atoms with van der Waals surface area (Å²) in [5.41, 5.74) is 0.841. The quantitative estimate of drug-likeness (QED) is 0.901. The predicted molar refractivity (Wildman–Crippen MR) is 79.8 cm³/mol. The Morgan fingerprint density at radius 3 is 2.53 bits per heavy atom. The summed E-state index contributed by atoms with van der Waals surface area (Å²) in [6, 6.07) is 7.31. The Morgan fingerprint density at radius 2 is 1.89 bits per heavy atom. The molecule has 0 unspecified atom stereocenters. The summed E-state index contributed by atoms with van der Waals surface area (Å²) in [6.45, 7) is 0. The smallest absolute Gasteiger partial charge is 0.162 e. The van der Waals surface area contributed by atoms with Crippen molar-refractivity contribution in [3.8, 4) is 11.5 Å². The first-order valence-corrected chi connectivity index (χ1v) is 6.61. The summed E-state index contributed by atoms with van der Waals surface area (Å²) in [7, 11) is 3.19. The fourth-order valence-electron chi connectivity index (χ4n) is 1.56. The molecular formula is C13H12BrClN2O2. The Bertz CT molecular complexity index is 593. The minimum Gasteiger partial charge on any atom is -0.493 e. The van der Waals surface area contributed by atoms with E-state index < -0.39 is 0 Å². The summed E-state index contributed by atoms with van der Waals surface area (Å²) in [5, 5.41) is 3.75. The van der Waals surface area contributed by atoms with Crippen LogP contribution in [0.5, 0.6) is 11.5 Å². The third-order valence-electron chi connectivity index (χ3n) is 2.45. The van der Waals surface area contributed by atoms with Crippen LogP contribution in [0.1, 0.15) is 0 Å². The third kappa shape index (κ3) is 3.30. The lowest BCUT2D eigenvalue weighted by Crippen LogP contribution is -1.96. The van der Waals surface area contributed by atoms with Gasteiger partial charge in [0.25, 0.3) is 0 Å². The molecule has 19 heavy (non-hydrogen) atoms. The second-order valence-corrected chi connectivity index (χ2v) is 4.97. The zero-order valence-electron chi connectivity index (χ0n) is 10.4. The molecule has 4 nitrogen and oxygen atoms in total. The molecular weight excluding hydrogens is 332 g/mol. The van der Waals surface area contributed by atoms with Crippen LogP contribution in [0.15, 0.2) is 34.9 Å². The van der Waals surface area contributed by atoms with Crippen LogP contribution < -0.4 is 14.8 Å². The Hall–Kier alpha value is -1.46. The number of halogens is 2. The van der Waals surface area contributed by atoms with E-state index >= 15 is 0 Å².